The molecule has 0 radical (unpaired) electrons. The Kier molecular flexibility index (Phi) is 4.57. The minimum Gasteiger partial charge on any atom is -0.489 e. The van der Waals surface area contributed by atoms with Gasteiger partial charge in [-0.25, -0.2) is 4.39 Å². The van der Waals surface area contributed by atoms with Gasteiger partial charge in [0.15, 0.2) is 0 Å². The molecule has 0 N–H and O–H groups in total. The van der Waals surface area contributed by atoms with Crippen LogP contribution in [0.15, 0.2) is 40.9 Å². The number of nitro benzene ring substituents is 1. The zero-order valence-electron chi connectivity index (χ0n) is 9.98. The van der Waals surface area contributed by atoms with E-state index in [0.29, 0.717) is 15.8 Å². The second-order valence-corrected chi connectivity index (χ2v) is 5.16. The van der Waals surface area contributed by atoms with Crippen LogP contribution in [0, 0.1) is 15.9 Å². The summed E-state index contributed by atoms with van der Waals surface area (Å²) in [6.45, 7) is 0.152. The van der Waals surface area contributed by atoms with Crippen molar-refractivity contribution < 1.29 is 14.1 Å². The molecule has 4 nitrogen and oxygen atoms in total. The third kappa shape index (κ3) is 3.46. The van der Waals surface area contributed by atoms with Crippen LogP contribution in [-0.2, 0) is 6.61 Å². The van der Waals surface area contributed by atoms with Crippen LogP contribution in [0.25, 0.3) is 0 Å². The number of nitro groups is 1. The fraction of sp³-hybridized carbons (Fsp3) is 0.0769. The van der Waals surface area contributed by atoms with Gasteiger partial charge in [0, 0.05) is 28.2 Å². The van der Waals surface area contributed by atoms with Crippen molar-refractivity contribution in [2.24, 2.45) is 0 Å². The molecule has 0 aromatic heterocycles. The molecule has 0 saturated heterocycles. The first-order valence-electron chi connectivity index (χ1n) is 5.48. The van der Waals surface area contributed by atoms with Crippen LogP contribution >= 0.6 is 27.5 Å². The molecule has 0 unspecified atom stereocenters. The van der Waals surface area contributed by atoms with E-state index in [-0.39, 0.29) is 17.3 Å². The first kappa shape index (κ1) is 14.7. The van der Waals surface area contributed by atoms with Gasteiger partial charge < -0.3 is 4.74 Å². The number of halogens is 3. The van der Waals surface area contributed by atoms with Crippen molar-refractivity contribution in [3.8, 4) is 5.75 Å². The Balaban J connectivity index is 2.10. The summed E-state index contributed by atoms with van der Waals surface area (Å²) in [4.78, 5) is 10.1. The molecular formula is C13H8BrClFNO3. The van der Waals surface area contributed by atoms with Crippen LogP contribution in [0.4, 0.5) is 10.1 Å². The SMILES string of the molecule is O=[N+]([O-])c1ccc(COc2ccc(Cl)c(F)c2)c(Br)c1. The molecule has 0 spiro atoms. The molecule has 2 aromatic carbocycles. The van der Waals surface area contributed by atoms with E-state index in [1.54, 1.807) is 12.1 Å². The third-order valence-corrected chi connectivity index (χ3v) is 3.58. The van der Waals surface area contributed by atoms with Gasteiger partial charge >= 0.3 is 0 Å². The number of rotatable bonds is 4. The van der Waals surface area contributed by atoms with Crippen LogP contribution in [0.3, 0.4) is 0 Å². The zero-order chi connectivity index (χ0) is 14.7. The highest BCUT2D eigenvalue weighted by Gasteiger charge is 2.10. The number of non-ortho nitro benzene ring substituents is 1. The predicted octanol–water partition coefficient (Wildman–Crippen LogP) is 4.73. The zero-order valence-corrected chi connectivity index (χ0v) is 12.3. The van der Waals surface area contributed by atoms with E-state index in [2.05, 4.69) is 15.9 Å². The normalized spacial score (nSPS) is 10.3. The number of nitrogens with zero attached hydrogens (tertiary/aromatic N) is 1. The number of hydrogen-bond donors (Lipinski definition) is 0. The second kappa shape index (κ2) is 6.19. The maximum atomic E-state index is 13.2. The van der Waals surface area contributed by atoms with E-state index in [0.717, 1.165) is 0 Å². The molecule has 0 heterocycles. The summed E-state index contributed by atoms with van der Waals surface area (Å²) >= 11 is 8.80. The van der Waals surface area contributed by atoms with Crippen molar-refractivity contribution in [1.82, 2.24) is 0 Å². The summed E-state index contributed by atoms with van der Waals surface area (Å²) in [5.41, 5.74) is 0.698. The van der Waals surface area contributed by atoms with Crippen LogP contribution in [0.1, 0.15) is 5.56 Å². The Hall–Kier alpha value is -1.66. The smallest absolute Gasteiger partial charge is 0.270 e. The topological polar surface area (TPSA) is 52.4 Å². The average Bonchev–Trinajstić information content (AvgIpc) is 2.41. The van der Waals surface area contributed by atoms with Gasteiger partial charge in [0.05, 0.1) is 9.95 Å². The maximum absolute atomic E-state index is 13.2. The first-order valence-corrected chi connectivity index (χ1v) is 6.65. The number of benzene rings is 2. The highest BCUT2D eigenvalue weighted by atomic mass is 79.9. The lowest BCUT2D eigenvalue weighted by Crippen LogP contribution is -1.98. The van der Waals surface area contributed by atoms with Gasteiger partial charge in [-0.05, 0) is 18.2 Å². The lowest BCUT2D eigenvalue weighted by molar-refractivity contribution is -0.384. The first-order chi connectivity index (χ1) is 9.47. The molecule has 0 amide bonds. The lowest BCUT2D eigenvalue weighted by Gasteiger charge is -2.08. The van der Waals surface area contributed by atoms with Crippen molar-refractivity contribution in [2.75, 3.05) is 0 Å². The second-order valence-electron chi connectivity index (χ2n) is 3.90. The van der Waals surface area contributed by atoms with E-state index in [1.165, 1.54) is 24.3 Å². The molecule has 0 bridgehead atoms. The van der Waals surface area contributed by atoms with Crippen LogP contribution in [0.2, 0.25) is 5.02 Å². The summed E-state index contributed by atoms with van der Waals surface area (Å²) in [6, 6.07) is 8.48. The third-order valence-electron chi connectivity index (χ3n) is 2.53. The van der Waals surface area contributed by atoms with E-state index >= 15 is 0 Å². The molecule has 7 heteroatoms. The van der Waals surface area contributed by atoms with Crippen molar-refractivity contribution in [1.29, 1.82) is 0 Å². The quantitative estimate of drug-likeness (QED) is 0.585. The van der Waals surface area contributed by atoms with E-state index in [9.17, 15) is 14.5 Å². The van der Waals surface area contributed by atoms with Crippen LogP contribution in [-0.4, -0.2) is 4.92 Å². The van der Waals surface area contributed by atoms with Gasteiger partial charge in [0.2, 0.25) is 0 Å². The summed E-state index contributed by atoms with van der Waals surface area (Å²) < 4.78 is 19.2. The Morgan fingerprint density at radius 3 is 2.65 bits per heavy atom. The highest BCUT2D eigenvalue weighted by Crippen LogP contribution is 2.25. The minimum absolute atomic E-state index is 0.0156. The van der Waals surface area contributed by atoms with Crippen LogP contribution < -0.4 is 4.74 Å². The molecular weight excluding hydrogens is 353 g/mol. The Morgan fingerprint density at radius 1 is 1.30 bits per heavy atom. The lowest BCUT2D eigenvalue weighted by atomic mass is 10.2. The average molecular weight is 361 g/mol. The van der Waals surface area contributed by atoms with E-state index in [4.69, 9.17) is 16.3 Å². The Labute approximate surface area is 127 Å². The maximum Gasteiger partial charge on any atom is 0.270 e. The standard InChI is InChI=1S/C13H8BrClFNO3/c14-11-5-9(17(18)19)2-1-8(11)7-20-10-3-4-12(15)13(16)6-10/h1-6H,7H2. The summed E-state index contributed by atoms with van der Waals surface area (Å²) in [7, 11) is 0. The van der Waals surface area contributed by atoms with Crippen molar-refractivity contribution in [2.45, 2.75) is 6.61 Å². The van der Waals surface area contributed by atoms with Gasteiger partial charge in [-0.1, -0.05) is 27.5 Å². The summed E-state index contributed by atoms with van der Waals surface area (Å²) in [6.07, 6.45) is 0. The van der Waals surface area contributed by atoms with Crippen molar-refractivity contribution in [3.05, 3.63) is 67.4 Å². The summed E-state index contributed by atoms with van der Waals surface area (Å²) in [5.74, 6) is -0.232. The molecule has 104 valence electrons. The predicted molar refractivity (Wildman–Crippen MR) is 76.5 cm³/mol. The largest absolute Gasteiger partial charge is 0.489 e. The molecule has 2 rings (SSSR count). The number of ether oxygens (including phenoxy) is 1. The minimum atomic E-state index is -0.563. The summed E-state index contributed by atoms with van der Waals surface area (Å²) in [5, 5.41) is 10.6. The molecule has 20 heavy (non-hydrogen) atoms. The van der Waals surface area contributed by atoms with Gasteiger partial charge in [-0.2, -0.15) is 0 Å². The molecule has 0 fully saturated rings. The molecule has 0 aliphatic rings. The monoisotopic (exact) mass is 359 g/mol. The van der Waals surface area contributed by atoms with Crippen molar-refractivity contribution in [3.63, 3.8) is 0 Å². The molecule has 0 aliphatic heterocycles. The Morgan fingerprint density at radius 2 is 2.05 bits per heavy atom. The fourth-order valence-corrected chi connectivity index (χ4v) is 2.09. The van der Waals surface area contributed by atoms with Crippen LogP contribution in [0.5, 0.6) is 5.75 Å². The van der Waals surface area contributed by atoms with Crippen molar-refractivity contribution >= 4 is 33.2 Å². The van der Waals surface area contributed by atoms with Gasteiger partial charge in [-0.3, -0.25) is 10.1 Å². The van der Waals surface area contributed by atoms with E-state index in [1.807, 2.05) is 0 Å². The van der Waals surface area contributed by atoms with E-state index < -0.39 is 10.7 Å². The molecule has 0 saturated carbocycles. The molecule has 0 atom stereocenters. The number of hydrogen-bond acceptors (Lipinski definition) is 3. The van der Waals surface area contributed by atoms with Gasteiger partial charge in [0.25, 0.3) is 5.69 Å². The Bertz CT molecular complexity index is 666. The molecule has 2 aromatic rings. The fourth-order valence-electron chi connectivity index (χ4n) is 1.49. The van der Waals surface area contributed by atoms with Gasteiger partial charge in [-0.15, -0.1) is 0 Å². The molecule has 0 aliphatic carbocycles. The highest BCUT2D eigenvalue weighted by molar-refractivity contribution is 9.10. The van der Waals surface area contributed by atoms with Gasteiger partial charge in [0.1, 0.15) is 18.2 Å².